The minimum atomic E-state index is -3.47. The number of carbonyl (C=O) groups is 1. The molecule has 150 valence electrons. The van der Waals surface area contributed by atoms with Gasteiger partial charge in [-0.1, -0.05) is 13.8 Å². The summed E-state index contributed by atoms with van der Waals surface area (Å²) in [5.41, 5.74) is 0.225. The van der Waals surface area contributed by atoms with Crippen LogP contribution in [0.1, 0.15) is 43.5 Å². The Balaban J connectivity index is 1.88. The molecule has 0 aliphatic carbocycles. The Morgan fingerprint density at radius 3 is 2.74 bits per heavy atom. The van der Waals surface area contributed by atoms with E-state index in [1.807, 2.05) is 0 Å². The minimum Gasteiger partial charge on any atom is -0.489 e. The van der Waals surface area contributed by atoms with Crippen LogP contribution in [0.25, 0.3) is 0 Å². The van der Waals surface area contributed by atoms with Crippen molar-refractivity contribution in [3.8, 4) is 11.5 Å². The summed E-state index contributed by atoms with van der Waals surface area (Å²) < 4.78 is 36.1. The number of carbonyl (C=O) groups excluding carboxylic acids is 1. The van der Waals surface area contributed by atoms with E-state index in [0.717, 1.165) is 25.9 Å². The van der Waals surface area contributed by atoms with E-state index in [2.05, 4.69) is 17.1 Å². The number of fused-ring (bicyclic) bond motifs is 1. The fourth-order valence-electron chi connectivity index (χ4n) is 3.61. The van der Waals surface area contributed by atoms with Crippen LogP contribution in [-0.2, 0) is 9.84 Å². The molecule has 1 saturated heterocycles. The number of nitrogens with zero attached hydrogens (tertiary/aromatic N) is 1. The third-order valence-corrected chi connectivity index (χ3v) is 6.92. The fraction of sp³-hybridized carbons (Fsp3) is 0.632. The molecule has 0 bridgehead atoms. The summed E-state index contributed by atoms with van der Waals surface area (Å²) in [6.45, 7) is 7.09. The third kappa shape index (κ3) is 4.38. The van der Waals surface area contributed by atoms with Crippen LogP contribution in [-0.4, -0.2) is 63.9 Å². The van der Waals surface area contributed by atoms with E-state index >= 15 is 0 Å². The Labute approximate surface area is 160 Å². The van der Waals surface area contributed by atoms with Crippen LogP contribution >= 0.6 is 0 Å². The highest BCUT2D eigenvalue weighted by Crippen LogP contribution is 2.36. The molecule has 1 aromatic carbocycles. The lowest BCUT2D eigenvalue weighted by Crippen LogP contribution is -2.40. The van der Waals surface area contributed by atoms with Crippen molar-refractivity contribution in [1.29, 1.82) is 0 Å². The van der Waals surface area contributed by atoms with Gasteiger partial charge in [-0.25, -0.2) is 8.42 Å². The smallest absolute Gasteiger partial charge is 0.255 e. The molecule has 1 fully saturated rings. The number of rotatable bonds is 6. The molecule has 0 saturated carbocycles. The van der Waals surface area contributed by atoms with E-state index in [0.29, 0.717) is 43.7 Å². The van der Waals surface area contributed by atoms with Gasteiger partial charge in [0.1, 0.15) is 0 Å². The number of likely N-dealkylation sites (tertiary alicyclic amines) is 1. The molecule has 1 atom stereocenters. The van der Waals surface area contributed by atoms with Crippen LogP contribution in [0.5, 0.6) is 11.5 Å². The number of sulfone groups is 1. The standard InChI is InChI=1S/C19H28N2O5S/c1-3-21-8-5-7-14(21)13-20-19(22)16-11-15(27(23,24)4-2)12-17-18(16)26-10-6-9-25-17/h11-12,14H,3-10,13H2,1-2H3,(H,20,22). The van der Waals surface area contributed by atoms with E-state index in [-0.39, 0.29) is 22.1 Å². The zero-order valence-electron chi connectivity index (χ0n) is 16.0. The lowest BCUT2D eigenvalue weighted by molar-refractivity contribution is 0.0937. The largest absolute Gasteiger partial charge is 0.489 e. The highest BCUT2D eigenvalue weighted by molar-refractivity contribution is 7.91. The first-order chi connectivity index (χ1) is 13.0. The fourth-order valence-corrected chi connectivity index (χ4v) is 4.53. The first-order valence-electron chi connectivity index (χ1n) is 9.65. The third-order valence-electron chi connectivity index (χ3n) is 5.21. The first kappa shape index (κ1) is 19.9. The summed E-state index contributed by atoms with van der Waals surface area (Å²) >= 11 is 0. The number of hydrogen-bond acceptors (Lipinski definition) is 6. The monoisotopic (exact) mass is 396 g/mol. The van der Waals surface area contributed by atoms with Crippen molar-refractivity contribution in [2.75, 3.05) is 38.6 Å². The molecule has 1 aromatic rings. The zero-order chi connectivity index (χ0) is 19.4. The molecular formula is C19H28N2O5S. The van der Waals surface area contributed by atoms with Gasteiger partial charge in [-0.3, -0.25) is 9.69 Å². The zero-order valence-corrected chi connectivity index (χ0v) is 16.8. The average Bonchev–Trinajstić information content (AvgIpc) is 3.00. The highest BCUT2D eigenvalue weighted by Gasteiger charge is 2.27. The Bertz CT molecular complexity index is 794. The summed E-state index contributed by atoms with van der Waals surface area (Å²) in [6, 6.07) is 3.19. The summed E-state index contributed by atoms with van der Waals surface area (Å²) in [4.78, 5) is 15.3. The van der Waals surface area contributed by atoms with Gasteiger partial charge in [0.2, 0.25) is 0 Å². The Hall–Kier alpha value is -1.80. The van der Waals surface area contributed by atoms with Gasteiger partial charge >= 0.3 is 0 Å². The van der Waals surface area contributed by atoms with Gasteiger partial charge in [-0.15, -0.1) is 0 Å². The van der Waals surface area contributed by atoms with Crippen molar-refractivity contribution in [2.24, 2.45) is 0 Å². The van der Waals surface area contributed by atoms with Gasteiger partial charge in [0.15, 0.2) is 21.3 Å². The quantitative estimate of drug-likeness (QED) is 0.790. The Morgan fingerprint density at radius 2 is 2.00 bits per heavy atom. The molecule has 0 spiro atoms. The van der Waals surface area contributed by atoms with Crippen molar-refractivity contribution < 1.29 is 22.7 Å². The van der Waals surface area contributed by atoms with Gasteiger partial charge in [-0.2, -0.15) is 0 Å². The molecule has 0 radical (unpaired) electrons. The molecule has 1 amide bonds. The van der Waals surface area contributed by atoms with Crippen LogP contribution < -0.4 is 14.8 Å². The first-order valence-corrected chi connectivity index (χ1v) is 11.3. The second-order valence-electron chi connectivity index (χ2n) is 6.89. The van der Waals surface area contributed by atoms with Gasteiger partial charge in [0, 0.05) is 25.1 Å². The molecule has 27 heavy (non-hydrogen) atoms. The normalized spacial score (nSPS) is 20.3. The number of hydrogen-bond donors (Lipinski definition) is 1. The maximum absolute atomic E-state index is 12.9. The summed E-state index contributed by atoms with van der Waals surface area (Å²) in [7, 11) is -3.47. The molecule has 7 nitrogen and oxygen atoms in total. The van der Waals surface area contributed by atoms with Gasteiger partial charge in [0.25, 0.3) is 5.91 Å². The van der Waals surface area contributed by atoms with Gasteiger partial charge < -0.3 is 14.8 Å². The second kappa shape index (κ2) is 8.48. The Kier molecular flexibility index (Phi) is 6.26. The lowest BCUT2D eigenvalue weighted by Gasteiger charge is -2.23. The SMILES string of the molecule is CCN1CCCC1CNC(=O)c1cc(S(=O)(=O)CC)cc2c1OCCCO2. The van der Waals surface area contributed by atoms with E-state index in [9.17, 15) is 13.2 Å². The molecule has 2 aliphatic rings. The average molecular weight is 397 g/mol. The number of nitrogens with one attached hydrogen (secondary N) is 1. The van der Waals surface area contributed by atoms with Crippen LogP contribution in [0.3, 0.4) is 0 Å². The van der Waals surface area contributed by atoms with Crippen molar-refractivity contribution >= 4 is 15.7 Å². The van der Waals surface area contributed by atoms with Gasteiger partial charge in [-0.05, 0) is 32.0 Å². The van der Waals surface area contributed by atoms with E-state index in [1.54, 1.807) is 6.92 Å². The molecule has 8 heteroatoms. The summed E-state index contributed by atoms with van der Waals surface area (Å²) in [6.07, 6.45) is 2.86. The van der Waals surface area contributed by atoms with Crippen molar-refractivity contribution in [1.82, 2.24) is 10.2 Å². The summed E-state index contributed by atoms with van der Waals surface area (Å²) in [5.74, 6) is 0.288. The van der Waals surface area contributed by atoms with E-state index in [4.69, 9.17) is 9.47 Å². The lowest BCUT2D eigenvalue weighted by atomic mass is 10.1. The molecule has 2 aliphatic heterocycles. The van der Waals surface area contributed by atoms with Gasteiger partial charge in [0.05, 0.1) is 29.4 Å². The Morgan fingerprint density at radius 1 is 1.22 bits per heavy atom. The molecular weight excluding hydrogens is 368 g/mol. The van der Waals surface area contributed by atoms with Crippen LogP contribution in [0.2, 0.25) is 0 Å². The molecule has 2 heterocycles. The molecule has 1 N–H and O–H groups in total. The number of benzene rings is 1. The summed E-state index contributed by atoms with van der Waals surface area (Å²) in [5, 5.41) is 2.96. The van der Waals surface area contributed by atoms with Crippen molar-refractivity contribution in [2.45, 2.75) is 44.0 Å². The molecule has 1 unspecified atom stereocenters. The maximum Gasteiger partial charge on any atom is 0.255 e. The molecule has 0 aromatic heterocycles. The van der Waals surface area contributed by atoms with Crippen LogP contribution in [0.4, 0.5) is 0 Å². The van der Waals surface area contributed by atoms with Crippen LogP contribution in [0.15, 0.2) is 17.0 Å². The van der Waals surface area contributed by atoms with Crippen molar-refractivity contribution in [3.63, 3.8) is 0 Å². The maximum atomic E-state index is 12.9. The van der Waals surface area contributed by atoms with E-state index in [1.165, 1.54) is 12.1 Å². The van der Waals surface area contributed by atoms with E-state index < -0.39 is 9.84 Å². The predicted molar refractivity (Wildman–Crippen MR) is 102 cm³/mol. The molecule has 3 rings (SSSR count). The number of likely N-dealkylation sites (N-methyl/N-ethyl adjacent to an activating group) is 1. The number of amides is 1. The van der Waals surface area contributed by atoms with Crippen molar-refractivity contribution in [3.05, 3.63) is 17.7 Å². The van der Waals surface area contributed by atoms with Crippen LogP contribution in [0, 0.1) is 0 Å². The predicted octanol–water partition coefficient (Wildman–Crippen LogP) is 1.86. The highest BCUT2D eigenvalue weighted by atomic mass is 32.2. The topological polar surface area (TPSA) is 84.9 Å². The number of ether oxygens (including phenoxy) is 2. The second-order valence-corrected chi connectivity index (χ2v) is 9.16. The minimum absolute atomic E-state index is 0.0404.